The third-order valence-electron chi connectivity index (χ3n) is 2.98. The summed E-state index contributed by atoms with van der Waals surface area (Å²) in [6.45, 7) is 4.51. The van der Waals surface area contributed by atoms with Crippen molar-refractivity contribution in [3.63, 3.8) is 0 Å². The first-order valence-corrected chi connectivity index (χ1v) is 6.92. The van der Waals surface area contributed by atoms with E-state index in [0.29, 0.717) is 0 Å². The molecule has 1 fully saturated rings. The van der Waals surface area contributed by atoms with E-state index in [1.165, 1.54) is 10.4 Å². The normalized spacial score (nSPS) is 19.9. The molecule has 0 bridgehead atoms. The molecule has 0 spiro atoms. The van der Waals surface area contributed by atoms with Crippen LogP contribution in [0.2, 0.25) is 0 Å². The fourth-order valence-corrected chi connectivity index (χ4v) is 2.92. The Bertz CT molecular complexity index is 535. The molecule has 4 nitrogen and oxygen atoms in total. The lowest BCUT2D eigenvalue weighted by Gasteiger charge is -2.22. The van der Waals surface area contributed by atoms with Crippen LogP contribution in [-0.2, 0) is 4.74 Å². The molecule has 0 aliphatic carbocycles. The second-order valence-corrected chi connectivity index (χ2v) is 5.21. The summed E-state index contributed by atoms with van der Waals surface area (Å²) in [4.78, 5) is 10.2. The molecule has 3 heterocycles. The van der Waals surface area contributed by atoms with Gasteiger partial charge in [-0.25, -0.2) is 9.97 Å². The Morgan fingerprint density at radius 1 is 1.44 bits per heavy atom. The van der Waals surface area contributed by atoms with Crippen LogP contribution in [0.25, 0.3) is 10.6 Å². The number of hydrogen-bond donors (Lipinski definition) is 1. The van der Waals surface area contributed by atoms with Crippen LogP contribution in [0.1, 0.15) is 17.5 Å². The smallest absolute Gasteiger partial charge is 0.159 e. The van der Waals surface area contributed by atoms with Crippen molar-refractivity contribution in [2.24, 2.45) is 0 Å². The van der Waals surface area contributed by atoms with Crippen molar-refractivity contribution < 1.29 is 4.74 Å². The summed E-state index contributed by atoms with van der Waals surface area (Å²) in [5.74, 6) is 0.771. The highest BCUT2D eigenvalue weighted by Gasteiger charge is 2.19. The van der Waals surface area contributed by atoms with Crippen LogP contribution in [0, 0.1) is 6.92 Å². The lowest BCUT2D eigenvalue weighted by atomic mass is 10.2. The topological polar surface area (TPSA) is 47.0 Å². The van der Waals surface area contributed by atoms with Gasteiger partial charge in [-0.3, -0.25) is 0 Å². The van der Waals surface area contributed by atoms with Crippen molar-refractivity contribution in [3.8, 4) is 10.6 Å². The number of thiophene rings is 1. The van der Waals surface area contributed by atoms with E-state index in [4.69, 9.17) is 4.74 Å². The zero-order chi connectivity index (χ0) is 12.4. The number of nitrogens with zero attached hydrogens (tertiary/aromatic N) is 2. The molecule has 0 aromatic carbocycles. The number of ether oxygens (including phenoxy) is 1. The van der Waals surface area contributed by atoms with Crippen molar-refractivity contribution in [2.75, 3.05) is 19.7 Å². The standard InChI is InChI=1S/C13H15N3OS/c1-9-3-7-18-12(9)10-2-4-15-13(16-10)11-8-14-5-6-17-11/h2-4,7,11,14H,5-6,8H2,1H3. The summed E-state index contributed by atoms with van der Waals surface area (Å²) in [6.07, 6.45) is 1.79. The van der Waals surface area contributed by atoms with E-state index in [-0.39, 0.29) is 6.10 Å². The van der Waals surface area contributed by atoms with Gasteiger partial charge in [-0.1, -0.05) is 0 Å². The molecule has 3 rings (SSSR count). The number of nitrogens with one attached hydrogen (secondary N) is 1. The summed E-state index contributed by atoms with van der Waals surface area (Å²) in [7, 11) is 0. The van der Waals surface area contributed by atoms with Gasteiger partial charge in [0.2, 0.25) is 0 Å². The van der Waals surface area contributed by atoms with Crippen LogP contribution in [0.3, 0.4) is 0 Å². The number of aromatic nitrogens is 2. The van der Waals surface area contributed by atoms with Gasteiger partial charge >= 0.3 is 0 Å². The monoisotopic (exact) mass is 261 g/mol. The summed E-state index contributed by atoms with van der Waals surface area (Å²) in [6, 6.07) is 4.07. The molecule has 5 heteroatoms. The predicted octanol–water partition coefficient (Wildman–Crippen LogP) is 2.17. The average molecular weight is 261 g/mol. The van der Waals surface area contributed by atoms with Crippen molar-refractivity contribution in [3.05, 3.63) is 35.1 Å². The van der Waals surface area contributed by atoms with E-state index < -0.39 is 0 Å². The fourth-order valence-electron chi connectivity index (χ4n) is 2.02. The van der Waals surface area contributed by atoms with Gasteiger partial charge in [0.25, 0.3) is 0 Å². The Kier molecular flexibility index (Phi) is 3.36. The lowest BCUT2D eigenvalue weighted by molar-refractivity contribution is 0.0222. The van der Waals surface area contributed by atoms with Crippen molar-refractivity contribution in [1.82, 2.24) is 15.3 Å². The molecule has 18 heavy (non-hydrogen) atoms. The number of hydrogen-bond acceptors (Lipinski definition) is 5. The first-order chi connectivity index (χ1) is 8.84. The Hall–Kier alpha value is -1.30. The van der Waals surface area contributed by atoms with Gasteiger partial charge in [0, 0.05) is 19.3 Å². The highest BCUT2D eigenvalue weighted by Crippen LogP contribution is 2.28. The average Bonchev–Trinajstić information content (AvgIpc) is 2.86. The van der Waals surface area contributed by atoms with Crippen molar-refractivity contribution in [1.29, 1.82) is 0 Å². The van der Waals surface area contributed by atoms with Gasteiger partial charge in [-0.05, 0) is 30.0 Å². The molecule has 0 radical (unpaired) electrons. The Labute approximate surface area is 110 Å². The van der Waals surface area contributed by atoms with Crippen molar-refractivity contribution in [2.45, 2.75) is 13.0 Å². The van der Waals surface area contributed by atoms with Crippen LogP contribution in [-0.4, -0.2) is 29.7 Å². The maximum Gasteiger partial charge on any atom is 0.159 e. The molecule has 1 saturated heterocycles. The van der Waals surface area contributed by atoms with E-state index in [1.54, 1.807) is 11.3 Å². The molecule has 2 aromatic rings. The van der Waals surface area contributed by atoms with E-state index in [9.17, 15) is 0 Å². The van der Waals surface area contributed by atoms with Gasteiger partial charge in [0.1, 0.15) is 6.10 Å². The van der Waals surface area contributed by atoms with Crippen LogP contribution < -0.4 is 5.32 Å². The van der Waals surface area contributed by atoms with Gasteiger partial charge in [-0.15, -0.1) is 11.3 Å². The summed E-state index contributed by atoms with van der Waals surface area (Å²) in [5, 5.41) is 5.38. The maximum absolute atomic E-state index is 5.68. The first-order valence-electron chi connectivity index (χ1n) is 6.04. The van der Waals surface area contributed by atoms with Crippen molar-refractivity contribution >= 4 is 11.3 Å². The molecule has 1 aliphatic heterocycles. The van der Waals surface area contributed by atoms with Crippen LogP contribution >= 0.6 is 11.3 Å². The molecule has 94 valence electrons. The third-order valence-corrected chi connectivity index (χ3v) is 4.02. The van der Waals surface area contributed by atoms with E-state index >= 15 is 0 Å². The summed E-state index contributed by atoms with van der Waals surface area (Å²) in [5.41, 5.74) is 2.24. The molecular formula is C13H15N3OS. The minimum Gasteiger partial charge on any atom is -0.368 e. The van der Waals surface area contributed by atoms with Gasteiger partial charge in [0.05, 0.1) is 17.2 Å². The maximum atomic E-state index is 5.68. The molecule has 1 N–H and O–H groups in total. The molecule has 0 saturated carbocycles. The fraction of sp³-hybridized carbons (Fsp3) is 0.385. The highest BCUT2D eigenvalue weighted by molar-refractivity contribution is 7.13. The lowest BCUT2D eigenvalue weighted by Crippen LogP contribution is -2.34. The molecular weight excluding hydrogens is 246 g/mol. The Morgan fingerprint density at radius 2 is 2.39 bits per heavy atom. The Balaban J connectivity index is 1.91. The van der Waals surface area contributed by atoms with E-state index in [1.807, 2.05) is 12.3 Å². The molecule has 1 aliphatic rings. The number of aryl methyl sites for hydroxylation is 1. The van der Waals surface area contributed by atoms with E-state index in [2.05, 4.69) is 33.7 Å². The molecule has 1 unspecified atom stereocenters. The summed E-state index contributed by atoms with van der Waals surface area (Å²) >= 11 is 1.71. The van der Waals surface area contributed by atoms with E-state index in [0.717, 1.165) is 31.2 Å². The van der Waals surface area contributed by atoms with Crippen LogP contribution in [0.4, 0.5) is 0 Å². The van der Waals surface area contributed by atoms with Gasteiger partial charge < -0.3 is 10.1 Å². The first kappa shape index (κ1) is 11.8. The number of morpholine rings is 1. The zero-order valence-corrected chi connectivity index (χ0v) is 11.0. The third kappa shape index (κ3) is 2.29. The quantitative estimate of drug-likeness (QED) is 0.900. The zero-order valence-electron chi connectivity index (χ0n) is 10.2. The predicted molar refractivity (Wildman–Crippen MR) is 71.6 cm³/mol. The largest absolute Gasteiger partial charge is 0.368 e. The molecule has 0 amide bonds. The van der Waals surface area contributed by atoms with Gasteiger partial charge in [-0.2, -0.15) is 0 Å². The molecule has 2 aromatic heterocycles. The van der Waals surface area contributed by atoms with Gasteiger partial charge in [0.15, 0.2) is 5.82 Å². The minimum atomic E-state index is -0.0287. The summed E-state index contributed by atoms with van der Waals surface area (Å²) < 4.78 is 5.68. The Morgan fingerprint density at radius 3 is 3.11 bits per heavy atom. The SMILES string of the molecule is Cc1ccsc1-c1ccnc(C2CNCCO2)n1. The second-order valence-electron chi connectivity index (χ2n) is 4.30. The van der Waals surface area contributed by atoms with Crippen LogP contribution in [0.15, 0.2) is 23.7 Å². The highest BCUT2D eigenvalue weighted by atomic mass is 32.1. The number of rotatable bonds is 2. The minimum absolute atomic E-state index is 0.0287. The van der Waals surface area contributed by atoms with Crippen LogP contribution in [0.5, 0.6) is 0 Å². The second kappa shape index (κ2) is 5.14. The molecule has 1 atom stereocenters.